The quantitative estimate of drug-likeness (QED) is 0.648. The van der Waals surface area contributed by atoms with Crippen molar-refractivity contribution in [2.24, 2.45) is 7.05 Å². The van der Waals surface area contributed by atoms with Crippen LogP contribution >= 0.6 is 0 Å². The summed E-state index contributed by atoms with van der Waals surface area (Å²) in [6.45, 7) is 0. The molecular weight excluding hydrogens is 388 g/mol. The van der Waals surface area contributed by atoms with Crippen LogP contribution in [0.3, 0.4) is 0 Å². The van der Waals surface area contributed by atoms with Gasteiger partial charge in [-0.15, -0.1) is 0 Å². The molecule has 1 unspecified atom stereocenters. The molecule has 148 valence electrons. The van der Waals surface area contributed by atoms with E-state index in [0.29, 0.717) is 11.6 Å². The van der Waals surface area contributed by atoms with E-state index in [4.69, 9.17) is 4.74 Å². The van der Waals surface area contributed by atoms with Gasteiger partial charge in [0.05, 0.1) is 17.7 Å². The highest BCUT2D eigenvalue weighted by Crippen LogP contribution is 2.32. The van der Waals surface area contributed by atoms with Gasteiger partial charge in [-0.25, -0.2) is 13.4 Å². The average molecular weight is 407 g/mol. The van der Waals surface area contributed by atoms with Crippen molar-refractivity contribution in [1.82, 2.24) is 9.55 Å². The van der Waals surface area contributed by atoms with Crippen LogP contribution in [-0.2, 0) is 16.9 Å². The van der Waals surface area contributed by atoms with Crippen molar-refractivity contribution < 1.29 is 21.9 Å². The number of benzene rings is 2. The molecule has 1 aromatic heterocycles. The van der Waals surface area contributed by atoms with Crippen molar-refractivity contribution in [2.75, 3.05) is 12.4 Å². The molecule has 0 aliphatic heterocycles. The number of hydrogen-bond acceptors (Lipinski definition) is 5. The predicted molar refractivity (Wildman–Crippen MR) is 101 cm³/mol. The van der Waals surface area contributed by atoms with Crippen molar-refractivity contribution in [3.05, 3.63) is 72.3 Å². The van der Waals surface area contributed by atoms with E-state index in [-0.39, 0.29) is 5.69 Å². The molecule has 9 heteroatoms. The number of hydrogen-bond donors (Lipinski definition) is 1. The Kier molecular flexibility index (Phi) is 5.64. The number of ether oxygens (including phenoxy) is 1. The van der Waals surface area contributed by atoms with E-state index in [1.54, 1.807) is 61.5 Å². The number of aromatic nitrogens is 2. The molecule has 1 heterocycles. The minimum atomic E-state index is -4.77. The zero-order chi connectivity index (χ0) is 20.3. The smallest absolute Gasteiger partial charge is 0.341 e. The molecule has 6 nitrogen and oxygen atoms in total. The molecule has 28 heavy (non-hydrogen) atoms. The van der Waals surface area contributed by atoms with Crippen LogP contribution in [0.25, 0.3) is 0 Å². The monoisotopic (exact) mass is 407 g/mol. The standard InChI is InChI=1S/C19H19F2N3O3S/c1-24-12-11-22-18(24)17(13-7-9-14(27-2)10-8-13)23-15-5-3-4-6-16(15)28(25,26)19(20)21/h3-12,17,19,23H,1-2H3. The fraction of sp³-hybridized carbons (Fsp3) is 0.211. The maximum Gasteiger partial charge on any atom is 0.341 e. The first-order chi connectivity index (χ1) is 13.3. The van der Waals surface area contributed by atoms with Crippen LogP contribution in [-0.4, -0.2) is 30.8 Å². The Morgan fingerprint density at radius 1 is 1.11 bits per heavy atom. The zero-order valence-corrected chi connectivity index (χ0v) is 16.0. The Morgan fingerprint density at radius 3 is 2.36 bits per heavy atom. The topological polar surface area (TPSA) is 73.2 Å². The summed E-state index contributed by atoms with van der Waals surface area (Å²) in [7, 11) is -1.42. The van der Waals surface area contributed by atoms with E-state index in [1.807, 2.05) is 0 Å². The van der Waals surface area contributed by atoms with Gasteiger partial charge in [0, 0.05) is 19.4 Å². The number of rotatable bonds is 7. The zero-order valence-electron chi connectivity index (χ0n) is 15.2. The van der Waals surface area contributed by atoms with Crippen molar-refractivity contribution >= 4 is 15.5 Å². The van der Waals surface area contributed by atoms with Crippen molar-refractivity contribution in [3.63, 3.8) is 0 Å². The SMILES string of the molecule is COc1ccc(C(Nc2ccccc2S(=O)(=O)C(F)F)c2nccn2C)cc1. The second kappa shape index (κ2) is 7.97. The lowest BCUT2D eigenvalue weighted by Gasteiger charge is -2.22. The Hall–Kier alpha value is -2.94. The normalized spacial score (nSPS) is 12.8. The van der Waals surface area contributed by atoms with Gasteiger partial charge in [-0.3, -0.25) is 0 Å². The fourth-order valence-electron chi connectivity index (χ4n) is 2.83. The number of imidazole rings is 1. The predicted octanol–water partition coefficient (Wildman–Crippen LogP) is 3.63. The third-order valence-corrected chi connectivity index (χ3v) is 5.73. The molecule has 0 fully saturated rings. The van der Waals surface area contributed by atoms with E-state index in [0.717, 1.165) is 11.6 Å². The molecule has 0 spiro atoms. The van der Waals surface area contributed by atoms with Crippen molar-refractivity contribution in [1.29, 1.82) is 0 Å². The van der Waals surface area contributed by atoms with Crippen LogP contribution in [0, 0.1) is 0 Å². The highest BCUT2D eigenvalue weighted by atomic mass is 32.2. The number of alkyl halides is 2. The van der Waals surface area contributed by atoms with E-state index >= 15 is 0 Å². The van der Waals surface area contributed by atoms with E-state index in [2.05, 4.69) is 10.3 Å². The number of methoxy groups -OCH3 is 1. The molecule has 0 aliphatic rings. The van der Waals surface area contributed by atoms with Crippen molar-refractivity contribution in [2.45, 2.75) is 16.7 Å². The molecule has 3 aromatic rings. The summed E-state index contributed by atoms with van der Waals surface area (Å²) >= 11 is 0. The number of halogens is 2. The van der Waals surface area contributed by atoms with Gasteiger partial charge in [0.2, 0.25) is 9.84 Å². The lowest BCUT2D eigenvalue weighted by Crippen LogP contribution is -2.20. The summed E-state index contributed by atoms with van der Waals surface area (Å²) < 4.78 is 57.3. The first kappa shape index (κ1) is 19.8. The second-order valence-corrected chi connectivity index (χ2v) is 7.93. The average Bonchev–Trinajstić information content (AvgIpc) is 3.12. The summed E-state index contributed by atoms with van der Waals surface area (Å²) in [6, 6.07) is 12.1. The van der Waals surface area contributed by atoms with Gasteiger partial charge in [0.15, 0.2) is 0 Å². The highest BCUT2D eigenvalue weighted by molar-refractivity contribution is 7.91. The summed E-state index contributed by atoms with van der Waals surface area (Å²) in [6.07, 6.45) is 3.35. The molecular formula is C19H19F2N3O3S. The minimum absolute atomic E-state index is 0.0756. The van der Waals surface area contributed by atoms with Gasteiger partial charge in [0.25, 0.3) is 0 Å². The van der Waals surface area contributed by atoms with Crippen LogP contribution in [0.5, 0.6) is 5.75 Å². The van der Waals surface area contributed by atoms with Gasteiger partial charge in [-0.05, 0) is 29.8 Å². The molecule has 0 saturated heterocycles. The summed E-state index contributed by atoms with van der Waals surface area (Å²) in [5, 5.41) is 3.07. The number of aryl methyl sites for hydroxylation is 1. The van der Waals surface area contributed by atoms with E-state index in [1.165, 1.54) is 12.1 Å². The largest absolute Gasteiger partial charge is 0.497 e. The van der Waals surface area contributed by atoms with Gasteiger partial charge >= 0.3 is 5.76 Å². The Bertz CT molecular complexity index is 1050. The van der Waals surface area contributed by atoms with Crippen LogP contribution in [0.1, 0.15) is 17.4 Å². The third-order valence-electron chi connectivity index (χ3n) is 4.29. The lowest BCUT2D eigenvalue weighted by atomic mass is 10.1. The highest BCUT2D eigenvalue weighted by Gasteiger charge is 2.30. The molecule has 1 atom stereocenters. The van der Waals surface area contributed by atoms with E-state index < -0.39 is 26.5 Å². The van der Waals surface area contributed by atoms with Gasteiger partial charge < -0.3 is 14.6 Å². The Morgan fingerprint density at radius 2 is 1.79 bits per heavy atom. The number of nitrogens with zero attached hydrogens (tertiary/aromatic N) is 2. The molecule has 0 bridgehead atoms. The Balaban J connectivity index is 2.08. The van der Waals surface area contributed by atoms with Crippen LogP contribution in [0.2, 0.25) is 0 Å². The third kappa shape index (κ3) is 3.84. The van der Waals surface area contributed by atoms with Crippen LogP contribution in [0.4, 0.5) is 14.5 Å². The number of para-hydroxylation sites is 1. The molecule has 0 aliphatic carbocycles. The summed E-state index contributed by atoms with van der Waals surface area (Å²) in [4.78, 5) is 3.87. The maximum absolute atomic E-state index is 13.1. The van der Waals surface area contributed by atoms with E-state index in [9.17, 15) is 17.2 Å². The van der Waals surface area contributed by atoms with Gasteiger partial charge in [-0.2, -0.15) is 8.78 Å². The maximum atomic E-state index is 13.1. The first-order valence-corrected chi connectivity index (χ1v) is 9.88. The number of sulfone groups is 1. The molecule has 0 amide bonds. The fourth-order valence-corrected chi connectivity index (χ4v) is 3.73. The lowest BCUT2D eigenvalue weighted by molar-refractivity contribution is 0.235. The first-order valence-electron chi connectivity index (χ1n) is 8.33. The summed E-state index contributed by atoms with van der Waals surface area (Å²) in [5.74, 6) is -2.26. The number of nitrogens with one attached hydrogen (secondary N) is 1. The second-order valence-electron chi connectivity index (χ2n) is 6.05. The van der Waals surface area contributed by atoms with Crippen molar-refractivity contribution in [3.8, 4) is 5.75 Å². The summed E-state index contributed by atoms with van der Waals surface area (Å²) in [5.41, 5.74) is 0.839. The molecule has 0 saturated carbocycles. The molecule has 3 rings (SSSR count). The molecule has 1 N–H and O–H groups in total. The number of anilines is 1. The molecule has 2 aromatic carbocycles. The van der Waals surface area contributed by atoms with Crippen LogP contribution in [0.15, 0.2) is 65.8 Å². The minimum Gasteiger partial charge on any atom is -0.497 e. The van der Waals surface area contributed by atoms with Gasteiger partial charge in [-0.1, -0.05) is 24.3 Å². The Labute approximate surface area is 161 Å². The van der Waals surface area contributed by atoms with Gasteiger partial charge in [0.1, 0.15) is 17.6 Å². The van der Waals surface area contributed by atoms with Crippen LogP contribution < -0.4 is 10.1 Å². The molecule has 0 radical (unpaired) electrons.